The van der Waals surface area contributed by atoms with Gasteiger partial charge in [0.1, 0.15) is 6.04 Å². The molecule has 10 heteroatoms. The number of hydrogen-bond donors (Lipinski definition) is 3. The normalized spacial score (nSPS) is 23.6. The number of Topliss-reactive ketones (excluding diaryl/α,β-unsaturated/α-hetero) is 3. The first kappa shape index (κ1) is 36.3. The number of primary amides is 1. The van der Waals surface area contributed by atoms with Crippen molar-refractivity contribution in [2.45, 2.75) is 112 Å². The SMILES string of the molecule is CC(C)(C)[C@H](NC(=O)N[C@H](C(=O)N1C[C@H]2[C@@H]([C@H]1C(=O)CC(CC1CC1)C(=O)C(N)=O)C2(C)C)C(C)(C)C)C(=O)CCc1ccccc1. The highest BCUT2D eigenvalue weighted by atomic mass is 16.2. The summed E-state index contributed by atoms with van der Waals surface area (Å²) in [6.07, 6.45) is 3.02. The predicted octanol–water partition coefficient (Wildman–Crippen LogP) is 4.23. The Morgan fingerprint density at radius 2 is 1.49 bits per heavy atom. The Morgan fingerprint density at radius 3 is 2.02 bits per heavy atom. The number of rotatable bonds is 14. The fourth-order valence-corrected chi connectivity index (χ4v) is 7.44. The zero-order valence-electron chi connectivity index (χ0n) is 29.4. The third-order valence-electron chi connectivity index (χ3n) is 10.6. The number of carbonyl (C=O) groups excluding carboxylic acids is 6. The van der Waals surface area contributed by atoms with E-state index in [0.717, 1.165) is 18.4 Å². The molecule has 0 radical (unpaired) electrons. The van der Waals surface area contributed by atoms with Crippen LogP contribution in [0.3, 0.4) is 0 Å². The molecule has 47 heavy (non-hydrogen) atoms. The monoisotopic (exact) mass is 650 g/mol. The molecule has 2 aliphatic carbocycles. The molecule has 1 saturated heterocycles. The minimum Gasteiger partial charge on any atom is -0.363 e. The lowest BCUT2D eigenvalue weighted by atomic mass is 9.82. The van der Waals surface area contributed by atoms with Gasteiger partial charge in [0.15, 0.2) is 11.6 Å². The molecule has 258 valence electrons. The van der Waals surface area contributed by atoms with Crippen molar-refractivity contribution in [1.29, 1.82) is 0 Å². The van der Waals surface area contributed by atoms with Gasteiger partial charge < -0.3 is 21.3 Å². The fraction of sp³-hybridized carbons (Fsp3) is 0.676. The first-order valence-corrected chi connectivity index (χ1v) is 17.0. The van der Waals surface area contributed by atoms with Crippen LogP contribution in [0.4, 0.5) is 4.79 Å². The lowest BCUT2D eigenvalue weighted by Gasteiger charge is -2.38. The quantitative estimate of drug-likeness (QED) is 0.256. The van der Waals surface area contributed by atoms with Gasteiger partial charge in [-0.2, -0.15) is 0 Å². The minimum absolute atomic E-state index is 0.0776. The van der Waals surface area contributed by atoms with Crippen LogP contribution in [0.25, 0.3) is 0 Å². The van der Waals surface area contributed by atoms with Crippen LogP contribution in [0.1, 0.15) is 93.1 Å². The Labute approximate surface area is 279 Å². The van der Waals surface area contributed by atoms with Crippen LogP contribution in [0.5, 0.6) is 0 Å². The number of benzene rings is 1. The summed E-state index contributed by atoms with van der Waals surface area (Å²) in [5, 5.41) is 5.72. The molecule has 1 aromatic carbocycles. The van der Waals surface area contributed by atoms with Crippen molar-refractivity contribution in [2.75, 3.05) is 6.54 Å². The second-order valence-electron chi connectivity index (χ2n) is 16.8. The van der Waals surface area contributed by atoms with Crippen molar-refractivity contribution in [3.8, 4) is 0 Å². The fourth-order valence-electron chi connectivity index (χ4n) is 7.44. The molecule has 4 amide bonds. The second kappa shape index (κ2) is 13.5. The Balaban J connectivity index is 1.50. The van der Waals surface area contributed by atoms with Crippen LogP contribution < -0.4 is 16.4 Å². The number of amides is 4. The lowest BCUT2D eigenvalue weighted by molar-refractivity contribution is -0.144. The number of nitrogens with one attached hydrogen (secondary N) is 2. The predicted molar refractivity (Wildman–Crippen MR) is 179 cm³/mol. The highest BCUT2D eigenvalue weighted by Gasteiger charge is 2.69. The summed E-state index contributed by atoms with van der Waals surface area (Å²) in [6.45, 7) is 15.7. The number of urea groups is 1. The zero-order valence-corrected chi connectivity index (χ0v) is 29.4. The summed E-state index contributed by atoms with van der Waals surface area (Å²) in [5.74, 6) is -2.95. The van der Waals surface area contributed by atoms with Crippen LogP contribution in [0.15, 0.2) is 30.3 Å². The second-order valence-corrected chi connectivity index (χ2v) is 16.8. The van der Waals surface area contributed by atoms with E-state index in [-0.39, 0.29) is 47.6 Å². The van der Waals surface area contributed by atoms with Crippen LogP contribution in [0, 0.1) is 39.9 Å². The smallest absolute Gasteiger partial charge is 0.316 e. The van der Waals surface area contributed by atoms with Crippen molar-refractivity contribution in [2.24, 2.45) is 45.7 Å². The maximum atomic E-state index is 14.3. The average molecular weight is 651 g/mol. The summed E-state index contributed by atoms with van der Waals surface area (Å²) in [4.78, 5) is 81.3. The number of carbonyl (C=O) groups is 6. The molecule has 1 unspecified atom stereocenters. The van der Waals surface area contributed by atoms with Crippen LogP contribution >= 0.6 is 0 Å². The lowest BCUT2D eigenvalue weighted by Crippen LogP contribution is -2.61. The van der Waals surface area contributed by atoms with Crippen molar-refractivity contribution in [3.05, 3.63) is 35.9 Å². The number of piperidine rings is 1. The van der Waals surface area contributed by atoms with E-state index in [1.54, 1.807) is 4.90 Å². The zero-order chi connectivity index (χ0) is 35.1. The number of nitrogens with two attached hydrogens (primary N) is 1. The van der Waals surface area contributed by atoms with E-state index >= 15 is 0 Å². The van der Waals surface area contributed by atoms with E-state index in [0.29, 0.717) is 25.3 Å². The molecular formula is C37H54N4O6. The number of hydrogen-bond acceptors (Lipinski definition) is 6. The molecule has 3 fully saturated rings. The number of nitrogens with zero attached hydrogens (tertiary/aromatic N) is 1. The molecular weight excluding hydrogens is 596 g/mol. The van der Waals surface area contributed by atoms with Gasteiger partial charge in [0.2, 0.25) is 11.7 Å². The first-order chi connectivity index (χ1) is 21.7. The Kier molecular flexibility index (Phi) is 10.4. The van der Waals surface area contributed by atoms with Gasteiger partial charge in [-0.3, -0.25) is 24.0 Å². The number of fused-ring (bicyclic) bond motifs is 1. The summed E-state index contributed by atoms with van der Waals surface area (Å²) < 4.78 is 0. The molecule has 0 bridgehead atoms. The van der Waals surface area contributed by atoms with E-state index in [1.807, 2.05) is 71.9 Å². The van der Waals surface area contributed by atoms with Gasteiger partial charge in [-0.25, -0.2) is 4.79 Å². The molecule has 10 nitrogen and oxygen atoms in total. The maximum absolute atomic E-state index is 14.3. The van der Waals surface area contributed by atoms with Crippen LogP contribution in [0.2, 0.25) is 0 Å². The van der Waals surface area contributed by atoms with Crippen LogP contribution in [-0.2, 0) is 30.4 Å². The average Bonchev–Trinajstić information content (AvgIpc) is 3.83. The van der Waals surface area contributed by atoms with E-state index in [2.05, 4.69) is 24.5 Å². The number of aryl methyl sites for hydroxylation is 1. The largest absolute Gasteiger partial charge is 0.363 e. The third kappa shape index (κ3) is 8.49. The van der Waals surface area contributed by atoms with Crippen molar-refractivity contribution in [3.63, 3.8) is 0 Å². The highest BCUT2D eigenvalue weighted by Crippen LogP contribution is 2.65. The molecule has 4 rings (SSSR count). The van der Waals surface area contributed by atoms with Crippen molar-refractivity contribution < 1.29 is 28.8 Å². The van der Waals surface area contributed by atoms with Gasteiger partial charge in [-0.1, -0.05) is 98.6 Å². The van der Waals surface area contributed by atoms with Gasteiger partial charge in [0.25, 0.3) is 5.91 Å². The van der Waals surface area contributed by atoms with Gasteiger partial charge in [0, 0.05) is 25.3 Å². The van der Waals surface area contributed by atoms with Gasteiger partial charge in [-0.05, 0) is 52.4 Å². The first-order valence-electron chi connectivity index (χ1n) is 17.0. The summed E-state index contributed by atoms with van der Waals surface area (Å²) in [7, 11) is 0. The minimum atomic E-state index is -1.04. The van der Waals surface area contributed by atoms with Gasteiger partial charge >= 0.3 is 6.03 Å². The molecule has 4 N–H and O–H groups in total. The molecule has 3 aliphatic rings. The molecule has 0 aromatic heterocycles. The molecule has 1 aliphatic heterocycles. The topological polar surface area (TPSA) is 156 Å². The molecule has 6 atom stereocenters. The molecule has 1 heterocycles. The highest BCUT2D eigenvalue weighted by molar-refractivity contribution is 6.36. The van der Waals surface area contributed by atoms with Crippen LogP contribution in [-0.4, -0.2) is 64.8 Å². The number of likely N-dealkylation sites (tertiary alicyclic amines) is 1. The van der Waals surface area contributed by atoms with E-state index in [9.17, 15) is 28.8 Å². The van der Waals surface area contributed by atoms with Gasteiger partial charge in [-0.15, -0.1) is 0 Å². The Hall–Kier alpha value is -3.56. The van der Waals surface area contributed by atoms with E-state index < -0.39 is 52.6 Å². The van der Waals surface area contributed by atoms with E-state index in [1.165, 1.54) is 0 Å². The summed E-state index contributed by atoms with van der Waals surface area (Å²) in [6, 6.07) is 6.52. The summed E-state index contributed by atoms with van der Waals surface area (Å²) in [5.41, 5.74) is 4.92. The third-order valence-corrected chi connectivity index (χ3v) is 10.6. The van der Waals surface area contributed by atoms with E-state index in [4.69, 9.17) is 5.73 Å². The Bertz CT molecular complexity index is 1390. The van der Waals surface area contributed by atoms with Gasteiger partial charge in [0.05, 0.1) is 12.1 Å². The van der Waals surface area contributed by atoms with Crippen molar-refractivity contribution >= 4 is 35.2 Å². The molecule has 2 saturated carbocycles. The number of ketones is 3. The maximum Gasteiger partial charge on any atom is 0.316 e. The van der Waals surface area contributed by atoms with Crippen molar-refractivity contribution in [1.82, 2.24) is 15.5 Å². The standard InChI is InChI=1S/C37H54N4O6/c1-35(2,3)30(25(42)17-16-21-12-10-9-11-13-21)39-34(47)40-31(36(4,5)6)33(46)41-20-24-27(37(24,7)8)28(41)26(43)19-23(18-22-14-15-22)29(44)32(38)45/h9-13,22-24,27-28,30-31H,14-20H2,1-8H3,(H2,38,45)(H2,39,40,47)/t23?,24-,27-,28+,30+,31+/m0/s1. The molecule has 1 aromatic rings. The molecule has 0 spiro atoms. The Morgan fingerprint density at radius 1 is 0.915 bits per heavy atom. The summed E-state index contributed by atoms with van der Waals surface area (Å²) >= 11 is 0.